The van der Waals surface area contributed by atoms with Crippen molar-refractivity contribution >= 4 is 11.6 Å². The molecule has 1 heterocycles. The third-order valence-corrected chi connectivity index (χ3v) is 3.92. The molecular weight excluding hydrogens is 246 g/mol. The minimum absolute atomic E-state index is 0.629. The Morgan fingerprint density at radius 3 is 2.89 bits per heavy atom. The quantitative estimate of drug-likeness (QED) is 0.824. The Morgan fingerprint density at radius 2 is 2.22 bits per heavy atom. The lowest BCUT2D eigenvalue weighted by atomic mass is 10.1. The first-order valence-electron chi connectivity index (χ1n) is 6.69. The topological polar surface area (TPSA) is 12.5 Å². The van der Waals surface area contributed by atoms with Crippen molar-refractivity contribution in [3.8, 4) is 5.75 Å². The van der Waals surface area contributed by atoms with E-state index >= 15 is 0 Å². The van der Waals surface area contributed by atoms with Gasteiger partial charge in [-0.25, -0.2) is 0 Å². The molecule has 0 saturated carbocycles. The van der Waals surface area contributed by atoms with Gasteiger partial charge in [0.1, 0.15) is 5.75 Å². The van der Waals surface area contributed by atoms with Crippen molar-refractivity contribution in [1.82, 2.24) is 4.90 Å². The number of hydrogen-bond acceptors (Lipinski definition) is 2. The molecule has 1 aliphatic heterocycles. The highest BCUT2D eigenvalue weighted by atomic mass is 35.5. The molecule has 0 aliphatic carbocycles. The van der Waals surface area contributed by atoms with Gasteiger partial charge in [0, 0.05) is 18.5 Å². The lowest BCUT2D eigenvalue weighted by Gasteiger charge is -2.20. The number of benzene rings is 1. The van der Waals surface area contributed by atoms with Crippen LogP contribution in [0.3, 0.4) is 0 Å². The zero-order valence-corrected chi connectivity index (χ0v) is 12.2. The summed E-state index contributed by atoms with van der Waals surface area (Å²) in [6.45, 7) is 9.65. The van der Waals surface area contributed by atoms with Crippen molar-refractivity contribution in [3.63, 3.8) is 0 Å². The van der Waals surface area contributed by atoms with Gasteiger partial charge < -0.3 is 9.64 Å². The molecule has 100 valence electrons. The Balaban J connectivity index is 1.87. The van der Waals surface area contributed by atoms with Gasteiger partial charge in [-0.05, 0) is 51.4 Å². The number of likely N-dealkylation sites (tertiary alicyclic amines) is 1. The molecule has 1 aromatic carbocycles. The molecular formula is C15H22ClNO. The SMILES string of the molecule is Cc1ccc(Cl)c(OCC2CCN(C(C)C)C2)c1. The van der Waals surface area contributed by atoms with E-state index in [1.54, 1.807) is 0 Å². The van der Waals surface area contributed by atoms with E-state index in [2.05, 4.69) is 25.7 Å². The van der Waals surface area contributed by atoms with Gasteiger partial charge in [0.2, 0.25) is 0 Å². The predicted octanol–water partition coefficient (Wildman–Crippen LogP) is 3.76. The van der Waals surface area contributed by atoms with Gasteiger partial charge >= 0.3 is 0 Å². The summed E-state index contributed by atoms with van der Waals surface area (Å²) < 4.78 is 5.87. The number of hydrogen-bond donors (Lipinski definition) is 0. The van der Waals surface area contributed by atoms with E-state index in [0.717, 1.165) is 18.9 Å². The smallest absolute Gasteiger partial charge is 0.138 e. The van der Waals surface area contributed by atoms with Gasteiger partial charge in [-0.1, -0.05) is 17.7 Å². The van der Waals surface area contributed by atoms with Crippen LogP contribution < -0.4 is 4.74 Å². The molecule has 1 saturated heterocycles. The molecule has 0 spiro atoms. The fraction of sp³-hybridized carbons (Fsp3) is 0.600. The lowest BCUT2D eigenvalue weighted by Crippen LogP contribution is -2.29. The van der Waals surface area contributed by atoms with Crippen molar-refractivity contribution in [3.05, 3.63) is 28.8 Å². The molecule has 2 nitrogen and oxygen atoms in total. The first-order valence-corrected chi connectivity index (χ1v) is 7.07. The van der Waals surface area contributed by atoms with E-state index in [-0.39, 0.29) is 0 Å². The summed E-state index contributed by atoms with van der Waals surface area (Å²) in [5.74, 6) is 1.45. The minimum atomic E-state index is 0.629. The average Bonchev–Trinajstić information content (AvgIpc) is 2.79. The molecule has 0 bridgehead atoms. The molecule has 0 radical (unpaired) electrons. The zero-order valence-electron chi connectivity index (χ0n) is 11.4. The molecule has 1 unspecified atom stereocenters. The first-order chi connectivity index (χ1) is 8.56. The predicted molar refractivity (Wildman–Crippen MR) is 76.5 cm³/mol. The Morgan fingerprint density at radius 1 is 1.44 bits per heavy atom. The number of rotatable bonds is 4. The van der Waals surface area contributed by atoms with Crippen molar-refractivity contribution in [2.75, 3.05) is 19.7 Å². The highest BCUT2D eigenvalue weighted by molar-refractivity contribution is 6.32. The van der Waals surface area contributed by atoms with E-state index in [1.807, 2.05) is 18.2 Å². The van der Waals surface area contributed by atoms with Gasteiger partial charge in [-0.2, -0.15) is 0 Å². The fourth-order valence-corrected chi connectivity index (χ4v) is 2.57. The Labute approximate surface area is 115 Å². The van der Waals surface area contributed by atoms with Crippen molar-refractivity contribution < 1.29 is 4.74 Å². The van der Waals surface area contributed by atoms with Crippen molar-refractivity contribution in [2.45, 2.75) is 33.2 Å². The maximum atomic E-state index is 6.13. The van der Waals surface area contributed by atoms with Gasteiger partial charge in [0.15, 0.2) is 0 Å². The van der Waals surface area contributed by atoms with Crippen LogP contribution in [-0.4, -0.2) is 30.6 Å². The summed E-state index contributed by atoms with van der Waals surface area (Å²) in [4.78, 5) is 2.51. The zero-order chi connectivity index (χ0) is 13.1. The van der Waals surface area contributed by atoms with Crippen LogP contribution in [0.5, 0.6) is 5.75 Å². The molecule has 18 heavy (non-hydrogen) atoms. The second-order valence-electron chi connectivity index (χ2n) is 5.49. The number of aryl methyl sites for hydroxylation is 1. The maximum Gasteiger partial charge on any atom is 0.138 e. The summed E-state index contributed by atoms with van der Waals surface area (Å²) in [7, 11) is 0. The molecule has 3 heteroatoms. The van der Waals surface area contributed by atoms with Crippen LogP contribution in [0.4, 0.5) is 0 Å². The Bertz CT molecular complexity index is 405. The molecule has 1 atom stereocenters. The van der Waals surface area contributed by atoms with Gasteiger partial charge in [0.25, 0.3) is 0 Å². The molecule has 1 aliphatic rings. The number of nitrogens with zero attached hydrogens (tertiary/aromatic N) is 1. The number of halogens is 1. The largest absolute Gasteiger partial charge is 0.492 e. The fourth-order valence-electron chi connectivity index (χ4n) is 2.40. The molecule has 1 fully saturated rings. The van der Waals surface area contributed by atoms with E-state index in [4.69, 9.17) is 16.3 Å². The third-order valence-electron chi connectivity index (χ3n) is 3.61. The Kier molecular flexibility index (Phi) is 4.52. The van der Waals surface area contributed by atoms with Crippen LogP contribution in [0.25, 0.3) is 0 Å². The lowest BCUT2D eigenvalue weighted by molar-refractivity contribution is 0.223. The second-order valence-corrected chi connectivity index (χ2v) is 5.90. The minimum Gasteiger partial charge on any atom is -0.492 e. The summed E-state index contributed by atoms with van der Waals surface area (Å²) in [5, 5.41) is 0.708. The standard InChI is InChI=1S/C15H22ClNO/c1-11(2)17-7-6-13(9-17)10-18-15-8-12(3)4-5-14(15)16/h4-5,8,11,13H,6-7,9-10H2,1-3H3. The maximum absolute atomic E-state index is 6.13. The van der Waals surface area contributed by atoms with Crippen LogP contribution in [0.1, 0.15) is 25.8 Å². The molecule has 0 N–H and O–H groups in total. The van der Waals surface area contributed by atoms with Crippen molar-refractivity contribution in [1.29, 1.82) is 0 Å². The average molecular weight is 268 g/mol. The van der Waals surface area contributed by atoms with Crippen molar-refractivity contribution in [2.24, 2.45) is 5.92 Å². The summed E-state index contributed by atoms with van der Waals surface area (Å²) in [5.41, 5.74) is 1.18. The normalized spacial score (nSPS) is 20.6. The van der Waals surface area contributed by atoms with Crippen LogP contribution in [0.15, 0.2) is 18.2 Å². The van der Waals surface area contributed by atoms with Gasteiger partial charge in [-0.15, -0.1) is 0 Å². The summed E-state index contributed by atoms with van der Waals surface area (Å²) in [6.07, 6.45) is 1.22. The summed E-state index contributed by atoms with van der Waals surface area (Å²) >= 11 is 6.13. The Hall–Kier alpha value is -0.730. The molecule has 2 rings (SSSR count). The van der Waals surface area contributed by atoms with E-state index in [9.17, 15) is 0 Å². The molecule has 1 aromatic rings. The summed E-state index contributed by atoms with van der Waals surface area (Å²) in [6, 6.07) is 6.56. The van der Waals surface area contributed by atoms with Gasteiger partial charge in [-0.3, -0.25) is 0 Å². The highest BCUT2D eigenvalue weighted by Crippen LogP contribution is 2.27. The monoisotopic (exact) mass is 267 g/mol. The van der Waals surface area contributed by atoms with Crippen LogP contribution in [0, 0.1) is 12.8 Å². The highest BCUT2D eigenvalue weighted by Gasteiger charge is 2.24. The van der Waals surface area contributed by atoms with Gasteiger partial charge in [0.05, 0.1) is 11.6 Å². The van der Waals surface area contributed by atoms with Crippen LogP contribution in [0.2, 0.25) is 5.02 Å². The van der Waals surface area contributed by atoms with E-state index < -0.39 is 0 Å². The third kappa shape index (κ3) is 3.39. The second kappa shape index (κ2) is 5.94. The molecule has 0 aromatic heterocycles. The van der Waals surface area contributed by atoms with E-state index in [0.29, 0.717) is 17.0 Å². The van der Waals surface area contributed by atoms with Crippen LogP contribution in [-0.2, 0) is 0 Å². The van der Waals surface area contributed by atoms with E-state index in [1.165, 1.54) is 18.5 Å². The first kappa shape index (κ1) is 13.7. The molecule has 0 amide bonds. The van der Waals surface area contributed by atoms with Crippen LogP contribution >= 0.6 is 11.6 Å². The number of ether oxygens (including phenoxy) is 1.